The molecule has 0 radical (unpaired) electrons. The van der Waals surface area contributed by atoms with Crippen LogP contribution in [0.2, 0.25) is 0 Å². The molecule has 0 saturated carbocycles. The monoisotopic (exact) mass is 326 g/mol. The van der Waals surface area contributed by atoms with E-state index in [0.717, 1.165) is 9.35 Å². The Balaban J connectivity index is 2.15. The van der Waals surface area contributed by atoms with Gasteiger partial charge in [0.2, 0.25) is 0 Å². The number of thiophene rings is 1. The van der Waals surface area contributed by atoms with Crippen LogP contribution < -0.4 is 5.43 Å². The number of aromatic nitrogens is 1. The van der Waals surface area contributed by atoms with E-state index >= 15 is 0 Å². The maximum Gasteiger partial charge on any atom is 0.259 e. The SMILES string of the molecule is CN(Cc1cc(Br)cs1)C(=O)c1c[nH]ccc1=O. The van der Waals surface area contributed by atoms with Gasteiger partial charge in [-0.1, -0.05) is 0 Å². The zero-order chi connectivity index (χ0) is 13.1. The van der Waals surface area contributed by atoms with E-state index in [4.69, 9.17) is 0 Å². The van der Waals surface area contributed by atoms with Gasteiger partial charge >= 0.3 is 0 Å². The van der Waals surface area contributed by atoms with E-state index in [1.807, 2.05) is 11.4 Å². The second kappa shape index (κ2) is 5.49. The third-order valence-corrected chi connectivity index (χ3v) is 4.10. The molecule has 0 spiro atoms. The summed E-state index contributed by atoms with van der Waals surface area (Å²) < 4.78 is 1.00. The van der Waals surface area contributed by atoms with Crippen LogP contribution in [0.4, 0.5) is 0 Å². The van der Waals surface area contributed by atoms with E-state index in [1.165, 1.54) is 23.4 Å². The van der Waals surface area contributed by atoms with Gasteiger partial charge in [-0.25, -0.2) is 0 Å². The zero-order valence-corrected chi connectivity index (χ0v) is 12.0. The zero-order valence-electron chi connectivity index (χ0n) is 9.64. The fraction of sp³-hybridized carbons (Fsp3) is 0.167. The van der Waals surface area contributed by atoms with Crippen molar-refractivity contribution in [3.8, 4) is 0 Å². The summed E-state index contributed by atoms with van der Waals surface area (Å²) in [4.78, 5) is 29.0. The average Bonchev–Trinajstić information content (AvgIpc) is 2.74. The van der Waals surface area contributed by atoms with Crippen molar-refractivity contribution in [1.29, 1.82) is 0 Å². The van der Waals surface area contributed by atoms with Crippen LogP contribution in [0.3, 0.4) is 0 Å². The van der Waals surface area contributed by atoms with Crippen molar-refractivity contribution in [2.45, 2.75) is 6.54 Å². The molecule has 0 aromatic carbocycles. The highest BCUT2D eigenvalue weighted by molar-refractivity contribution is 9.10. The van der Waals surface area contributed by atoms with Gasteiger partial charge < -0.3 is 9.88 Å². The van der Waals surface area contributed by atoms with Gasteiger partial charge in [-0.15, -0.1) is 11.3 Å². The van der Waals surface area contributed by atoms with Crippen molar-refractivity contribution in [3.05, 3.63) is 55.0 Å². The molecule has 6 heteroatoms. The number of nitrogens with one attached hydrogen (secondary N) is 1. The lowest BCUT2D eigenvalue weighted by molar-refractivity contribution is 0.0785. The molecule has 0 bridgehead atoms. The third-order valence-electron chi connectivity index (χ3n) is 2.42. The van der Waals surface area contributed by atoms with E-state index in [1.54, 1.807) is 18.4 Å². The summed E-state index contributed by atoms with van der Waals surface area (Å²) in [5.74, 6) is -0.277. The fourth-order valence-electron chi connectivity index (χ4n) is 1.53. The third kappa shape index (κ3) is 2.88. The molecule has 94 valence electrons. The maximum atomic E-state index is 12.1. The molecule has 0 aliphatic carbocycles. The molecule has 0 unspecified atom stereocenters. The summed E-state index contributed by atoms with van der Waals surface area (Å²) in [6.45, 7) is 0.490. The largest absolute Gasteiger partial charge is 0.367 e. The van der Waals surface area contributed by atoms with E-state index < -0.39 is 0 Å². The van der Waals surface area contributed by atoms with Crippen LogP contribution in [0.5, 0.6) is 0 Å². The minimum Gasteiger partial charge on any atom is -0.367 e. The molecular weight excluding hydrogens is 316 g/mol. The lowest BCUT2D eigenvalue weighted by atomic mass is 10.2. The Bertz CT molecular complexity index is 620. The van der Waals surface area contributed by atoms with Crippen LogP contribution in [0, 0.1) is 0 Å². The van der Waals surface area contributed by atoms with Crippen molar-refractivity contribution in [2.24, 2.45) is 0 Å². The van der Waals surface area contributed by atoms with E-state index in [-0.39, 0.29) is 16.9 Å². The lowest BCUT2D eigenvalue weighted by Crippen LogP contribution is -2.30. The minimum atomic E-state index is -0.277. The predicted molar refractivity (Wildman–Crippen MR) is 74.9 cm³/mol. The molecule has 0 atom stereocenters. The standard InChI is InChI=1S/C12H11BrN2O2S/c1-15(6-9-4-8(13)7-18-9)12(17)10-5-14-3-2-11(10)16/h2-5,7H,6H2,1H3,(H,14,16). The van der Waals surface area contributed by atoms with Crippen LogP contribution >= 0.6 is 27.3 Å². The first-order chi connectivity index (χ1) is 8.58. The van der Waals surface area contributed by atoms with Crippen molar-refractivity contribution in [3.63, 3.8) is 0 Å². The number of carbonyl (C=O) groups excluding carboxylic acids is 1. The number of pyridine rings is 1. The predicted octanol–water partition coefficient (Wildman–Crippen LogP) is 2.47. The van der Waals surface area contributed by atoms with E-state index in [2.05, 4.69) is 20.9 Å². The van der Waals surface area contributed by atoms with Gasteiger partial charge in [-0.05, 0) is 22.0 Å². The Labute approximate surface area is 116 Å². The van der Waals surface area contributed by atoms with Gasteiger partial charge in [-0.3, -0.25) is 9.59 Å². The lowest BCUT2D eigenvalue weighted by Gasteiger charge is -2.15. The summed E-state index contributed by atoms with van der Waals surface area (Å²) in [6, 6.07) is 3.31. The number of amides is 1. The van der Waals surface area contributed by atoms with Crippen LogP contribution in [0.1, 0.15) is 15.2 Å². The summed E-state index contributed by atoms with van der Waals surface area (Å²) in [7, 11) is 1.68. The molecule has 2 aromatic rings. The number of hydrogen-bond donors (Lipinski definition) is 1. The first kappa shape index (κ1) is 13.0. The minimum absolute atomic E-state index is 0.163. The molecule has 1 amide bonds. The molecule has 0 aliphatic heterocycles. The Morgan fingerprint density at radius 1 is 1.56 bits per heavy atom. The molecular formula is C12H11BrN2O2S. The van der Waals surface area contributed by atoms with Gasteiger partial charge in [0.05, 0.1) is 6.54 Å². The highest BCUT2D eigenvalue weighted by atomic mass is 79.9. The molecule has 2 heterocycles. The van der Waals surface area contributed by atoms with Gasteiger partial charge in [0, 0.05) is 40.2 Å². The Kier molecular flexibility index (Phi) is 3.98. The van der Waals surface area contributed by atoms with Crippen molar-refractivity contribution >= 4 is 33.2 Å². The average molecular weight is 327 g/mol. The van der Waals surface area contributed by atoms with Crippen LogP contribution in [-0.2, 0) is 6.54 Å². The normalized spacial score (nSPS) is 10.3. The summed E-state index contributed by atoms with van der Waals surface area (Å²) in [5, 5.41) is 1.96. The quantitative estimate of drug-likeness (QED) is 0.942. The Morgan fingerprint density at radius 3 is 2.94 bits per heavy atom. The fourth-order valence-corrected chi connectivity index (χ4v) is 3.03. The van der Waals surface area contributed by atoms with Crippen molar-refractivity contribution in [1.82, 2.24) is 9.88 Å². The maximum absolute atomic E-state index is 12.1. The first-order valence-corrected chi connectivity index (χ1v) is 6.90. The molecule has 0 fully saturated rings. The number of nitrogens with zero attached hydrogens (tertiary/aromatic N) is 1. The second-order valence-electron chi connectivity index (χ2n) is 3.81. The molecule has 4 nitrogen and oxygen atoms in total. The van der Waals surface area contributed by atoms with Gasteiger partial charge in [0.1, 0.15) is 5.56 Å². The van der Waals surface area contributed by atoms with Gasteiger partial charge in [0.15, 0.2) is 5.43 Å². The molecule has 2 rings (SSSR count). The number of halogens is 1. The Hall–Kier alpha value is -1.40. The molecule has 2 aromatic heterocycles. The van der Waals surface area contributed by atoms with Gasteiger partial charge in [-0.2, -0.15) is 0 Å². The molecule has 18 heavy (non-hydrogen) atoms. The number of hydrogen-bond acceptors (Lipinski definition) is 3. The smallest absolute Gasteiger partial charge is 0.259 e. The van der Waals surface area contributed by atoms with Gasteiger partial charge in [0.25, 0.3) is 5.91 Å². The Morgan fingerprint density at radius 2 is 2.33 bits per heavy atom. The number of aromatic amines is 1. The highest BCUT2D eigenvalue weighted by Crippen LogP contribution is 2.21. The van der Waals surface area contributed by atoms with Crippen LogP contribution in [-0.4, -0.2) is 22.8 Å². The number of H-pyrrole nitrogens is 1. The first-order valence-electron chi connectivity index (χ1n) is 5.23. The van der Waals surface area contributed by atoms with E-state index in [0.29, 0.717) is 6.54 Å². The second-order valence-corrected chi connectivity index (χ2v) is 5.73. The molecule has 1 N–H and O–H groups in total. The molecule has 0 saturated heterocycles. The topological polar surface area (TPSA) is 53.2 Å². The van der Waals surface area contributed by atoms with E-state index in [9.17, 15) is 9.59 Å². The van der Waals surface area contributed by atoms with Crippen molar-refractivity contribution in [2.75, 3.05) is 7.05 Å². The van der Waals surface area contributed by atoms with Crippen molar-refractivity contribution < 1.29 is 4.79 Å². The highest BCUT2D eigenvalue weighted by Gasteiger charge is 2.15. The van der Waals surface area contributed by atoms with Crippen LogP contribution in [0.15, 0.2) is 39.2 Å². The number of carbonyl (C=O) groups is 1. The molecule has 0 aliphatic rings. The van der Waals surface area contributed by atoms with Crippen LogP contribution in [0.25, 0.3) is 0 Å². The number of rotatable bonds is 3. The summed E-state index contributed by atoms with van der Waals surface area (Å²) in [5.41, 5.74) is -0.103. The summed E-state index contributed by atoms with van der Waals surface area (Å²) >= 11 is 4.94. The summed E-state index contributed by atoms with van der Waals surface area (Å²) in [6.07, 6.45) is 2.95.